The molecule has 6 heteroatoms. The fourth-order valence-corrected chi connectivity index (χ4v) is 2.06. The van der Waals surface area contributed by atoms with Crippen molar-refractivity contribution in [3.05, 3.63) is 5.01 Å². The second kappa shape index (κ2) is 5.44. The van der Waals surface area contributed by atoms with Gasteiger partial charge in [0.2, 0.25) is 5.13 Å². The standard InChI is InChI=1S/C11H19N3O2S/c1-7(2)6-8-13-14-9(17-8)12-10(15)16-11(3,4)5/h7H,6H2,1-5H3,(H,12,14,15). The molecule has 17 heavy (non-hydrogen) atoms. The van der Waals surface area contributed by atoms with E-state index in [0.29, 0.717) is 11.0 Å². The number of hydrogen-bond donors (Lipinski definition) is 1. The third-order valence-electron chi connectivity index (χ3n) is 1.66. The maximum Gasteiger partial charge on any atom is 0.414 e. The van der Waals surface area contributed by atoms with Gasteiger partial charge in [0.15, 0.2) is 0 Å². The number of hydrogen-bond acceptors (Lipinski definition) is 5. The Hall–Kier alpha value is -1.17. The fourth-order valence-electron chi connectivity index (χ4n) is 1.13. The van der Waals surface area contributed by atoms with Gasteiger partial charge in [0.05, 0.1) is 0 Å². The molecular weight excluding hydrogens is 238 g/mol. The van der Waals surface area contributed by atoms with Gasteiger partial charge in [-0.1, -0.05) is 25.2 Å². The predicted molar refractivity (Wildman–Crippen MR) is 68.3 cm³/mol. The van der Waals surface area contributed by atoms with E-state index < -0.39 is 11.7 Å². The van der Waals surface area contributed by atoms with Crippen molar-refractivity contribution in [3.63, 3.8) is 0 Å². The van der Waals surface area contributed by atoms with Crippen molar-refractivity contribution < 1.29 is 9.53 Å². The maximum absolute atomic E-state index is 11.5. The van der Waals surface area contributed by atoms with Crippen LogP contribution in [-0.4, -0.2) is 21.9 Å². The lowest BCUT2D eigenvalue weighted by atomic mass is 10.1. The van der Waals surface area contributed by atoms with Crippen LogP contribution in [0, 0.1) is 5.92 Å². The van der Waals surface area contributed by atoms with E-state index in [-0.39, 0.29) is 0 Å². The fraction of sp³-hybridized carbons (Fsp3) is 0.727. The molecule has 0 aliphatic carbocycles. The van der Waals surface area contributed by atoms with E-state index in [4.69, 9.17) is 4.74 Å². The predicted octanol–water partition coefficient (Wildman–Crippen LogP) is 3.08. The van der Waals surface area contributed by atoms with Crippen molar-refractivity contribution in [2.75, 3.05) is 5.32 Å². The van der Waals surface area contributed by atoms with Gasteiger partial charge in [0.1, 0.15) is 10.6 Å². The summed E-state index contributed by atoms with van der Waals surface area (Å²) >= 11 is 1.38. The van der Waals surface area contributed by atoms with Crippen LogP contribution < -0.4 is 5.32 Å². The Balaban J connectivity index is 2.52. The number of aromatic nitrogens is 2. The summed E-state index contributed by atoms with van der Waals surface area (Å²) in [5.74, 6) is 0.525. The lowest BCUT2D eigenvalue weighted by Gasteiger charge is -2.18. The average Bonchev–Trinajstić information content (AvgIpc) is 2.46. The Morgan fingerprint density at radius 1 is 1.41 bits per heavy atom. The molecule has 0 radical (unpaired) electrons. The van der Waals surface area contributed by atoms with Crippen LogP contribution in [0.1, 0.15) is 39.6 Å². The summed E-state index contributed by atoms with van der Waals surface area (Å²) in [4.78, 5) is 11.5. The smallest absolute Gasteiger partial charge is 0.414 e. The molecule has 0 unspecified atom stereocenters. The minimum atomic E-state index is -0.504. The summed E-state index contributed by atoms with van der Waals surface area (Å²) in [5, 5.41) is 11.9. The van der Waals surface area contributed by atoms with Crippen molar-refractivity contribution >= 4 is 22.6 Å². The molecule has 96 valence electrons. The molecule has 1 amide bonds. The van der Waals surface area contributed by atoms with E-state index in [1.165, 1.54) is 11.3 Å². The van der Waals surface area contributed by atoms with Gasteiger partial charge in [-0.3, -0.25) is 5.32 Å². The van der Waals surface area contributed by atoms with E-state index in [2.05, 4.69) is 29.4 Å². The maximum atomic E-state index is 11.5. The van der Waals surface area contributed by atoms with Crippen molar-refractivity contribution in [2.45, 2.75) is 46.6 Å². The first-order chi connectivity index (χ1) is 7.76. The van der Waals surface area contributed by atoms with Gasteiger partial charge in [0, 0.05) is 6.42 Å². The number of rotatable bonds is 3. The molecule has 1 aromatic heterocycles. The molecule has 0 saturated heterocycles. The SMILES string of the molecule is CC(C)Cc1nnc(NC(=O)OC(C)(C)C)s1. The van der Waals surface area contributed by atoms with Gasteiger partial charge in [-0.2, -0.15) is 0 Å². The lowest BCUT2D eigenvalue weighted by Crippen LogP contribution is -2.27. The van der Waals surface area contributed by atoms with Crippen molar-refractivity contribution in [1.82, 2.24) is 10.2 Å². The Bertz CT molecular complexity index is 382. The second-order valence-corrected chi connectivity index (χ2v) is 6.29. The molecule has 0 spiro atoms. The number of amides is 1. The van der Waals surface area contributed by atoms with Gasteiger partial charge in [-0.15, -0.1) is 10.2 Å². The van der Waals surface area contributed by atoms with E-state index >= 15 is 0 Å². The Morgan fingerprint density at radius 3 is 2.59 bits per heavy atom. The van der Waals surface area contributed by atoms with Gasteiger partial charge >= 0.3 is 6.09 Å². The summed E-state index contributed by atoms with van der Waals surface area (Å²) < 4.78 is 5.12. The summed E-state index contributed by atoms with van der Waals surface area (Å²) in [6.45, 7) is 9.68. The number of nitrogens with one attached hydrogen (secondary N) is 1. The molecule has 1 heterocycles. The molecule has 0 saturated carbocycles. The summed E-state index contributed by atoms with van der Waals surface area (Å²) in [6, 6.07) is 0. The topological polar surface area (TPSA) is 64.1 Å². The first-order valence-corrected chi connectivity index (χ1v) is 6.40. The van der Waals surface area contributed by atoms with Gasteiger partial charge < -0.3 is 4.74 Å². The van der Waals surface area contributed by atoms with Gasteiger partial charge in [-0.05, 0) is 26.7 Å². The number of nitrogens with zero attached hydrogens (tertiary/aromatic N) is 2. The Kier molecular flexibility index (Phi) is 4.45. The highest BCUT2D eigenvalue weighted by Crippen LogP contribution is 2.19. The minimum Gasteiger partial charge on any atom is -0.444 e. The van der Waals surface area contributed by atoms with Crippen LogP contribution in [-0.2, 0) is 11.2 Å². The third kappa shape index (κ3) is 5.63. The highest BCUT2D eigenvalue weighted by atomic mass is 32.1. The zero-order valence-electron chi connectivity index (χ0n) is 10.9. The van der Waals surface area contributed by atoms with Crippen molar-refractivity contribution in [2.24, 2.45) is 5.92 Å². The molecule has 5 nitrogen and oxygen atoms in total. The van der Waals surface area contributed by atoms with Crippen LogP contribution in [0.4, 0.5) is 9.93 Å². The second-order valence-electron chi connectivity index (χ2n) is 5.23. The number of carbonyl (C=O) groups is 1. The highest BCUT2D eigenvalue weighted by Gasteiger charge is 2.17. The van der Waals surface area contributed by atoms with Crippen LogP contribution in [0.15, 0.2) is 0 Å². The number of anilines is 1. The number of carbonyl (C=O) groups excluding carboxylic acids is 1. The van der Waals surface area contributed by atoms with Crippen LogP contribution in [0.25, 0.3) is 0 Å². The molecule has 0 fully saturated rings. The average molecular weight is 257 g/mol. The van der Waals surface area contributed by atoms with E-state index in [9.17, 15) is 4.79 Å². The summed E-state index contributed by atoms with van der Waals surface area (Å²) in [7, 11) is 0. The molecule has 0 atom stereocenters. The molecule has 0 aliphatic heterocycles. The van der Waals surface area contributed by atoms with Gasteiger partial charge in [-0.25, -0.2) is 4.79 Å². The van der Waals surface area contributed by atoms with Crippen LogP contribution in [0.3, 0.4) is 0 Å². The molecule has 1 aromatic rings. The van der Waals surface area contributed by atoms with E-state index in [1.54, 1.807) is 0 Å². The zero-order chi connectivity index (χ0) is 13.1. The van der Waals surface area contributed by atoms with Crippen molar-refractivity contribution in [1.29, 1.82) is 0 Å². The third-order valence-corrected chi connectivity index (χ3v) is 2.52. The Morgan fingerprint density at radius 2 is 2.06 bits per heavy atom. The highest BCUT2D eigenvalue weighted by molar-refractivity contribution is 7.15. The Labute approximate surface area is 106 Å². The largest absolute Gasteiger partial charge is 0.444 e. The molecular formula is C11H19N3O2S. The van der Waals surface area contributed by atoms with E-state index in [1.807, 2.05) is 20.8 Å². The first kappa shape index (κ1) is 13.9. The van der Waals surface area contributed by atoms with Crippen LogP contribution in [0.5, 0.6) is 0 Å². The monoisotopic (exact) mass is 257 g/mol. The van der Waals surface area contributed by atoms with Crippen LogP contribution >= 0.6 is 11.3 Å². The van der Waals surface area contributed by atoms with Crippen molar-refractivity contribution in [3.8, 4) is 0 Å². The minimum absolute atomic E-state index is 0.481. The van der Waals surface area contributed by atoms with Gasteiger partial charge in [0.25, 0.3) is 0 Å². The molecule has 0 aromatic carbocycles. The number of ether oxygens (including phenoxy) is 1. The zero-order valence-corrected chi connectivity index (χ0v) is 11.7. The van der Waals surface area contributed by atoms with Crippen LogP contribution in [0.2, 0.25) is 0 Å². The first-order valence-electron chi connectivity index (χ1n) is 5.58. The molecule has 1 N–H and O–H groups in total. The lowest BCUT2D eigenvalue weighted by molar-refractivity contribution is 0.0636. The summed E-state index contributed by atoms with van der Waals surface area (Å²) in [5.41, 5.74) is -0.504. The van der Waals surface area contributed by atoms with E-state index in [0.717, 1.165) is 11.4 Å². The molecule has 0 bridgehead atoms. The molecule has 0 aliphatic rings. The summed E-state index contributed by atoms with van der Waals surface area (Å²) in [6.07, 6.45) is 0.373. The quantitative estimate of drug-likeness (QED) is 0.903. The normalized spacial score (nSPS) is 11.6. The molecule has 1 rings (SSSR count).